The number of quaternary nitrogens is 1. The van der Waals surface area contributed by atoms with Gasteiger partial charge in [-0.25, -0.2) is 0 Å². The van der Waals surface area contributed by atoms with Gasteiger partial charge in [0.15, 0.2) is 11.9 Å². The van der Waals surface area contributed by atoms with Crippen LogP contribution in [0.2, 0.25) is 0 Å². The van der Waals surface area contributed by atoms with Crippen LogP contribution in [0.3, 0.4) is 0 Å². The number of unbranched alkanes of at least 4 members (excludes halogenated alkanes) is 5. The molecule has 1 aliphatic carbocycles. The molecule has 194 valence electrons. The fraction of sp³-hybridized carbons (Fsp3) is 0.741. The fourth-order valence-electron chi connectivity index (χ4n) is 4.25. The Bertz CT molecular complexity index is 719. The van der Waals surface area contributed by atoms with Crippen molar-refractivity contribution in [3.05, 3.63) is 23.3 Å². The Hall–Kier alpha value is -1.99. The average molecular weight is 480 g/mol. The van der Waals surface area contributed by atoms with Gasteiger partial charge in [0.1, 0.15) is 6.54 Å². The highest BCUT2D eigenvalue weighted by Gasteiger charge is 2.23. The van der Waals surface area contributed by atoms with Crippen LogP contribution in [-0.2, 0) is 19.1 Å². The van der Waals surface area contributed by atoms with Crippen molar-refractivity contribution in [2.75, 3.05) is 27.7 Å². The number of ketones is 1. The Morgan fingerprint density at radius 2 is 1.79 bits per heavy atom. The molecule has 1 N–H and O–H groups in total. The zero-order chi connectivity index (χ0) is 25.6. The molecule has 0 heterocycles. The van der Waals surface area contributed by atoms with Crippen LogP contribution in [0.1, 0.15) is 90.4 Å². The van der Waals surface area contributed by atoms with Gasteiger partial charge in [-0.3, -0.25) is 9.59 Å². The van der Waals surface area contributed by atoms with Gasteiger partial charge in [-0.15, -0.1) is 0 Å². The molecule has 2 unspecified atom stereocenters. The van der Waals surface area contributed by atoms with Crippen LogP contribution >= 0.6 is 0 Å². The number of carboxylic acids is 1. The highest BCUT2D eigenvalue weighted by molar-refractivity contribution is 5.99. The third kappa shape index (κ3) is 13.7. The Morgan fingerprint density at radius 1 is 1.09 bits per heavy atom. The van der Waals surface area contributed by atoms with E-state index in [-0.39, 0.29) is 24.6 Å². The van der Waals surface area contributed by atoms with E-state index in [1.165, 1.54) is 0 Å². The first-order valence-electron chi connectivity index (χ1n) is 12.8. The second-order valence-corrected chi connectivity index (χ2v) is 10.4. The Labute approximate surface area is 205 Å². The molecular formula is C27H45NO6. The lowest BCUT2D eigenvalue weighted by Gasteiger charge is -2.29. The predicted octanol–water partition coefficient (Wildman–Crippen LogP) is 3.24. The van der Waals surface area contributed by atoms with Gasteiger partial charge in [-0.05, 0) is 43.3 Å². The number of hydrogen-bond acceptors (Lipinski definition) is 6. The Kier molecular flexibility index (Phi) is 14.0. The number of aliphatic hydroxyl groups excluding tert-OH is 1. The Morgan fingerprint density at radius 3 is 2.44 bits per heavy atom. The molecule has 7 heteroatoms. The van der Waals surface area contributed by atoms with E-state index in [9.17, 15) is 24.6 Å². The van der Waals surface area contributed by atoms with Crippen LogP contribution in [0.25, 0.3) is 0 Å². The molecular weight excluding hydrogens is 434 g/mol. The number of carboxylic acid groups (broad SMARTS) is 1. The summed E-state index contributed by atoms with van der Waals surface area (Å²) in [6.07, 6.45) is 11.9. The number of aliphatic carboxylic acids is 1. The lowest BCUT2D eigenvalue weighted by Crippen LogP contribution is -2.45. The van der Waals surface area contributed by atoms with Gasteiger partial charge < -0.3 is 24.2 Å². The second-order valence-electron chi connectivity index (χ2n) is 10.4. The average Bonchev–Trinajstić information content (AvgIpc) is 3.07. The van der Waals surface area contributed by atoms with Crippen molar-refractivity contribution in [2.24, 2.45) is 0 Å². The van der Waals surface area contributed by atoms with Crippen molar-refractivity contribution in [3.63, 3.8) is 0 Å². The van der Waals surface area contributed by atoms with Crippen molar-refractivity contribution >= 4 is 17.7 Å². The van der Waals surface area contributed by atoms with Crippen LogP contribution < -0.4 is 5.11 Å². The number of esters is 1. The van der Waals surface area contributed by atoms with Crippen molar-refractivity contribution in [1.29, 1.82) is 0 Å². The highest BCUT2D eigenvalue weighted by atomic mass is 16.5. The molecule has 0 amide bonds. The van der Waals surface area contributed by atoms with Gasteiger partial charge in [0.25, 0.3) is 0 Å². The molecule has 0 aliphatic heterocycles. The monoisotopic (exact) mass is 479 g/mol. The molecule has 0 aromatic heterocycles. The zero-order valence-corrected chi connectivity index (χ0v) is 21.6. The summed E-state index contributed by atoms with van der Waals surface area (Å²) in [7, 11) is 5.74. The third-order valence-corrected chi connectivity index (χ3v) is 5.97. The van der Waals surface area contributed by atoms with E-state index in [1.807, 2.05) is 33.3 Å². The first-order valence-corrected chi connectivity index (χ1v) is 12.8. The van der Waals surface area contributed by atoms with Gasteiger partial charge >= 0.3 is 5.97 Å². The van der Waals surface area contributed by atoms with E-state index in [1.54, 1.807) is 0 Å². The Balaban J connectivity index is 2.37. The largest absolute Gasteiger partial charge is 0.550 e. The smallest absolute Gasteiger partial charge is 0.306 e. The lowest BCUT2D eigenvalue weighted by molar-refractivity contribution is -0.873. The number of carbonyl (C=O) groups excluding carboxylic acids is 3. The SMILES string of the molecule is CCCCCC(O)/C=C/C1=C(CCCCCCC(=O)OC(CC(=O)[O-])C[N+](C)(C)C)C(=O)CC1. The number of aliphatic hydroxyl groups is 1. The summed E-state index contributed by atoms with van der Waals surface area (Å²) in [5.41, 5.74) is 1.95. The van der Waals surface area contributed by atoms with Gasteiger partial charge in [0.05, 0.1) is 27.2 Å². The molecule has 0 aromatic rings. The zero-order valence-electron chi connectivity index (χ0n) is 21.6. The summed E-state index contributed by atoms with van der Waals surface area (Å²) in [4.78, 5) is 35.3. The maximum Gasteiger partial charge on any atom is 0.306 e. The molecule has 0 saturated carbocycles. The molecule has 0 fully saturated rings. The molecule has 0 spiro atoms. The molecule has 2 atom stereocenters. The lowest BCUT2D eigenvalue weighted by atomic mass is 10.0. The molecule has 34 heavy (non-hydrogen) atoms. The summed E-state index contributed by atoms with van der Waals surface area (Å²) in [6.45, 7) is 2.55. The van der Waals surface area contributed by atoms with Crippen molar-refractivity contribution in [2.45, 2.75) is 103 Å². The second kappa shape index (κ2) is 15.8. The number of likely N-dealkylation sites (N-methyl/N-ethyl adjacent to an activating group) is 1. The first-order chi connectivity index (χ1) is 16.0. The highest BCUT2D eigenvalue weighted by Crippen LogP contribution is 2.28. The van der Waals surface area contributed by atoms with Crippen LogP contribution in [0.4, 0.5) is 0 Å². The number of nitrogens with zero attached hydrogens (tertiary/aromatic N) is 1. The van der Waals surface area contributed by atoms with Crippen molar-refractivity contribution < 1.29 is 33.8 Å². The van der Waals surface area contributed by atoms with E-state index < -0.39 is 18.2 Å². The molecule has 0 radical (unpaired) electrons. The number of Topliss-reactive ketones (excluding diaryl/α,β-unsaturated/α-hetero) is 1. The topological polar surface area (TPSA) is 104 Å². The van der Waals surface area contributed by atoms with Gasteiger partial charge in [0.2, 0.25) is 0 Å². The van der Waals surface area contributed by atoms with Gasteiger partial charge in [-0.2, -0.15) is 0 Å². The third-order valence-electron chi connectivity index (χ3n) is 5.97. The number of allylic oxidation sites excluding steroid dienone is 3. The van der Waals surface area contributed by atoms with Gasteiger partial charge in [0, 0.05) is 25.2 Å². The number of ether oxygens (including phenoxy) is 1. The maximum absolute atomic E-state index is 12.3. The summed E-state index contributed by atoms with van der Waals surface area (Å²) >= 11 is 0. The molecule has 0 bridgehead atoms. The summed E-state index contributed by atoms with van der Waals surface area (Å²) in [5.74, 6) is -1.39. The quantitative estimate of drug-likeness (QED) is 0.184. The van der Waals surface area contributed by atoms with Crippen LogP contribution in [-0.4, -0.2) is 67.2 Å². The van der Waals surface area contributed by atoms with Crippen LogP contribution in [0.5, 0.6) is 0 Å². The van der Waals surface area contributed by atoms with Gasteiger partial charge in [-0.1, -0.05) is 51.2 Å². The molecule has 1 rings (SSSR count). The molecule has 0 aromatic carbocycles. The molecule has 7 nitrogen and oxygen atoms in total. The number of carbonyl (C=O) groups is 3. The molecule has 1 aliphatic rings. The van der Waals surface area contributed by atoms with E-state index in [0.29, 0.717) is 23.9 Å². The van der Waals surface area contributed by atoms with E-state index in [2.05, 4.69) is 6.92 Å². The summed E-state index contributed by atoms with van der Waals surface area (Å²) < 4.78 is 5.87. The standard InChI is InChI=1S/C27H45NO6/c1-5-6-9-12-22(29)17-15-21-16-18-25(30)24(21)13-10-7-8-11-14-27(33)34-23(19-26(31)32)20-28(2,3)4/h15,17,22-23,29H,5-14,16,18-20H2,1-4H3/b17-15+. The number of rotatable bonds is 18. The fourth-order valence-corrected chi connectivity index (χ4v) is 4.25. The summed E-state index contributed by atoms with van der Waals surface area (Å²) in [6, 6.07) is 0. The number of hydrogen-bond donors (Lipinski definition) is 1. The predicted molar refractivity (Wildman–Crippen MR) is 131 cm³/mol. The van der Waals surface area contributed by atoms with Crippen molar-refractivity contribution in [3.8, 4) is 0 Å². The van der Waals surface area contributed by atoms with Crippen molar-refractivity contribution in [1.82, 2.24) is 0 Å². The minimum atomic E-state index is -1.22. The maximum atomic E-state index is 12.3. The van der Waals surface area contributed by atoms with E-state index >= 15 is 0 Å². The normalized spacial score (nSPS) is 16.3. The molecule has 0 saturated heterocycles. The minimum absolute atomic E-state index is 0.208. The van der Waals surface area contributed by atoms with Crippen LogP contribution in [0.15, 0.2) is 23.3 Å². The van der Waals surface area contributed by atoms with E-state index in [0.717, 1.165) is 68.9 Å². The van der Waals surface area contributed by atoms with E-state index in [4.69, 9.17) is 4.74 Å². The van der Waals surface area contributed by atoms with Crippen LogP contribution in [0, 0.1) is 0 Å². The summed E-state index contributed by atoms with van der Waals surface area (Å²) in [5, 5.41) is 21.0. The first kappa shape index (κ1) is 30.0. The minimum Gasteiger partial charge on any atom is -0.550 e.